The van der Waals surface area contributed by atoms with Crippen LogP contribution < -0.4 is 10.6 Å². The Morgan fingerprint density at radius 2 is 2.05 bits per heavy atom. The van der Waals surface area contributed by atoms with Gasteiger partial charge in [-0.15, -0.1) is 0 Å². The molecule has 1 unspecified atom stereocenters. The van der Waals surface area contributed by atoms with Crippen LogP contribution in [0.2, 0.25) is 0 Å². The molecule has 2 rings (SSSR count). The van der Waals surface area contributed by atoms with E-state index in [1.54, 1.807) is 0 Å². The minimum absolute atomic E-state index is 0.128. The lowest BCUT2D eigenvalue weighted by molar-refractivity contribution is -0.122. The van der Waals surface area contributed by atoms with E-state index in [2.05, 4.69) is 17.9 Å². The SMILES string of the molecule is CCc1ccccc1N1CCCN(C)C(CN)C1=O. The number of carbonyl (C=O) groups excluding carboxylic acids is 1. The lowest BCUT2D eigenvalue weighted by atomic mass is 10.1. The Morgan fingerprint density at radius 3 is 2.74 bits per heavy atom. The van der Waals surface area contributed by atoms with Crippen molar-refractivity contribution in [2.24, 2.45) is 5.73 Å². The highest BCUT2D eigenvalue weighted by molar-refractivity contribution is 5.98. The number of hydrogen-bond donors (Lipinski definition) is 1. The van der Waals surface area contributed by atoms with Crippen LogP contribution in [-0.2, 0) is 11.2 Å². The number of para-hydroxylation sites is 1. The molecule has 19 heavy (non-hydrogen) atoms. The molecule has 0 saturated carbocycles. The van der Waals surface area contributed by atoms with Gasteiger partial charge < -0.3 is 10.6 Å². The zero-order valence-corrected chi connectivity index (χ0v) is 11.8. The minimum atomic E-state index is -0.201. The first-order chi connectivity index (χ1) is 9.19. The average molecular weight is 261 g/mol. The molecule has 1 aromatic rings. The Labute approximate surface area is 115 Å². The summed E-state index contributed by atoms with van der Waals surface area (Å²) >= 11 is 0. The summed E-state index contributed by atoms with van der Waals surface area (Å²) in [6, 6.07) is 7.95. The van der Waals surface area contributed by atoms with Crippen molar-refractivity contribution in [3.63, 3.8) is 0 Å². The third kappa shape index (κ3) is 2.80. The van der Waals surface area contributed by atoms with Gasteiger partial charge in [0.05, 0.1) is 0 Å². The monoisotopic (exact) mass is 261 g/mol. The number of hydrogen-bond acceptors (Lipinski definition) is 3. The molecule has 1 heterocycles. The molecule has 0 spiro atoms. The second kappa shape index (κ2) is 6.17. The van der Waals surface area contributed by atoms with Crippen LogP contribution in [0.3, 0.4) is 0 Å². The van der Waals surface area contributed by atoms with E-state index in [0.29, 0.717) is 6.54 Å². The minimum Gasteiger partial charge on any atom is -0.328 e. The Morgan fingerprint density at radius 1 is 1.32 bits per heavy atom. The number of amides is 1. The van der Waals surface area contributed by atoms with E-state index >= 15 is 0 Å². The van der Waals surface area contributed by atoms with Crippen molar-refractivity contribution in [2.75, 3.05) is 31.6 Å². The summed E-state index contributed by atoms with van der Waals surface area (Å²) in [6.45, 7) is 4.18. The van der Waals surface area contributed by atoms with Gasteiger partial charge >= 0.3 is 0 Å². The Hall–Kier alpha value is -1.39. The summed E-state index contributed by atoms with van der Waals surface area (Å²) in [6.07, 6.45) is 1.92. The van der Waals surface area contributed by atoms with Crippen molar-refractivity contribution in [2.45, 2.75) is 25.8 Å². The number of nitrogens with zero attached hydrogens (tertiary/aromatic N) is 2. The molecule has 0 aliphatic carbocycles. The molecule has 0 radical (unpaired) electrons. The van der Waals surface area contributed by atoms with Crippen molar-refractivity contribution in [1.82, 2.24) is 4.90 Å². The van der Waals surface area contributed by atoms with Crippen LogP contribution in [-0.4, -0.2) is 43.5 Å². The summed E-state index contributed by atoms with van der Waals surface area (Å²) in [7, 11) is 1.98. The van der Waals surface area contributed by atoms with E-state index in [1.807, 2.05) is 30.1 Å². The van der Waals surface area contributed by atoms with Crippen LogP contribution >= 0.6 is 0 Å². The number of aryl methyl sites for hydroxylation is 1. The Balaban J connectivity index is 2.34. The quantitative estimate of drug-likeness (QED) is 0.891. The molecule has 104 valence electrons. The fraction of sp³-hybridized carbons (Fsp3) is 0.533. The van der Waals surface area contributed by atoms with Gasteiger partial charge in [-0.1, -0.05) is 25.1 Å². The summed E-state index contributed by atoms with van der Waals surface area (Å²) in [5.74, 6) is 0.128. The van der Waals surface area contributed by atoms with Crippen molar-refractivity contribution >= 4 is 11.6 Å². The van der Waals surface area contributed by atoms with Crippen molar-refractivity contribution < 1.29 is 4.79 Å². The first kappa shape index (κ1) is 14.0. The molecule has 1 saturated heterocycles. The molecule has 1 aromatic carbocycles. The van der Waals surface area contributed by atoms with Crippen LogP contribution in [0, 0.1) is 0 Å². The smallest absolute Gasteiger partial charge is 0.245 e. The van der Waals surface area contributed by atoms with Crippen molar-refractivity contribution in [1.29, 1.82) is 0 Å². The third-order valence-electron chi connectivity index (χ3n) is 3.86. The van der Waals surface area contributed by atoms with Crippen molar-refractivity contribution in [3.8, 4) is 0 Å². The molecule has 1 amide bonds. The molecular formula is C15H23N3O. The lowest BCUT2D eigenvalue weighted by Gasteiger charge is -2.28. The number of carbonyl (C=O) groups is 1. The first-order valence-electron chi connectivity index (χ1n) is 6.98. The topological polar surface area (TPSA) is 49.6 Å². The Kier molecular flexibility index (Phi) is 4.56. The highest BCUT2D eigenvalue weighted by Gasteiger charge is 2.30. The third-order valence-corrected chi connectivity index (χ3v) is 3.86. The fourth-order valence-electron chi connectivity index (χ4n) is 2.71. The molecule has 0 bridgehead atoms. The lowest BCUT2D eigenvalue weighted by Crippen LogP contribution is -2.48. The summed E-state index contributed by atoms with van der Waals surface area (Å²) in [5, 5.41) is 0. The summed E-state index contributed by atoms with van der Waals surface area (Å²) < 4.78 is 0. The van der Waals surface area contributed by atoms with E-state index in [-0.39, 0.29) is 11.9 Å². The molecule has 1 fully saturated rings. The zero-order chi connectivity index (χ0) is 13.8. The second-order valence-electron chi connectivity index (χ2n) is 5.06. The highest BCUT2D eigenvalue weighted by Crippen LogP contribution is 2.24. The Bertz CT molecular complexity index is 447. The highest BCUT2D eigenvalue weighted by atomic mass is 16.2. The molecule has 1 aliphatic heterocycles. The van der Waals surface area contributed by atoms with E-state index < -0.39 is 0 Å². The van der Waals surface area contributed by atoms with Crippen LogP contribution in [0.5, 0.6) is 0 Å². The predicted molar refractivity (Wildman–Crippen MR) is 78.3 cm³/mol. The summed E-state index contributed by atoms with van der Waals surface area (Å²) in [5.41, 5.74) is 8.04. The van der Waals surface area contributed by atoms with Gasteiger partial charge in [0.25, 0.3) is 0 Å². The molecule has 1 atom stereocenters. The van der Waals surface area contributed by atoms with Crippen LogP contribution in [0.1, 0.15) is 18.9 Å². The van der Waals surface area contributed by atoms with Crippen LogP contribution in [0.15, 0.2) is 24.3 Å². The number of likely N-dealkylation sites (N-methyl/N-ethyl adjacent to an activating group) is 1. The maximum absolute atomic E-state index is 12.7. The number of nitrogens with two attached hydrogens (primary N) is 1. The van der Waals surface area contributed by atoms with Gasteiger partial charge in [-0.2, -0.15) is 0 Å². The molecule has 4 nitrogen and oxygen atoms in total. The first-order valence-corrected chi connectivity index (χ1v) is 6.98. The second-order valence-corrected chi connectivity index (χ2v) is 5.06. The van der Waals surface area contributed by atoms with Gasteiger partial charge in [-0.25, -0.2) is 0 Å². The summed E-state index contributed by atoms with van der Waals surface area (Å²) in [4.78, 5) is 16.6. The molecule has 0 aromatic heterocycles. The van der Waals surface area contributed by atoms with Crippen LogP contribution in [0.4, 0.5) is 5.69 Å². The van der Waals surface area contributed by atoms with Gasteiger partial charge in [0.2, 0.25) is 5.91 Å². The normalized spacial score (nSPS) is 21.5. The molecule has 2 N–H and O–H groups in total. The van der Waals surface area contributed by atoms with E-state index in [9.17, 15) is 4.79 Å². The fourth-order valence-corrected chi connectivity index (χ4v) is 2.71. The van der Waals surface area contributed by atoms with Gasteiger partial charge in [0, 0.05) is 25.3 Å². The number of anilines is 1. The van der Waals surface area contributed by atoms with Gasteiger partial charge in [0.1, 0.15) is 6.04 Å². The average Bonchev–Trinajstić information content (AvgIpc) is 2.57. The molecule has 4 heteroatoms. The van der Waals surface area contributed by atoms with Gasteiger partial charge in [-0.3, -0.25) is 9.69 Å². The van der Waals surface area contributed by atoms with E-state index in [1.165, 1.54) is 5.56 Å². The number of rotatable bonds is 3. The number of benzene rings is 1. The van der Waals surface area contributed by atoms with E-state index in [0.717, 1.165) is 31.6 Å². The van der Waals surface area contributed by atoms with Crippen molar-refractivity contribution in [3.05, 3.63) is 29.8 Å². The van der Waals surface area contributed by atoms with E-state index in [4.69, 9.17) is 5.73 Å². The zero-order valence-electron chi connectivity index (χ0n) is 11.8. The maximum atomic E-state index is 12.7. The standard InChI is InChI=1S/C15H23N3O/c1-3-12-7-4-5-8-13(12)18-10-6-9-17(2)14(11-16)15(18)19/h4-5,7-8,14H,3,6,9-11,16H2,1-2H3. The largest absolute Gasteiger partial charge is 0.328 e. The molecular weight excluding hydrogens is 238 g/mol. The predicted octanol–water partition coefficient (Wildman–Crippen LogP) is 1.24. The van der Waals surface area contributed by atoms with Crippen LogP contribution in [0.25, 0.3) is 0 Å². The maximum Gasteiger partial charge on any atom is 0.245 e. The molecule has 1 aliphatic rings. The van der Waals surface area contributed by atoms with Gasteiger partial charge in [0.15, 0.2) is 0 Å². The van der Waals surface area contributed by atoms with Gasteiger partial charge in [-0.05, 0) is 31.5 Å².